The van der Waals surface area contributed by atoms with Crippen molar-refractivity contribution in [3.05, 3.63) is 60.6 Å². The first-order valence-corrected chi connectivity index (χ1v) is 7.55. The number of para-hydroxylation sites is 2. The first-order chi connectivity index (χ1) is 11.3. The molecule has 0 aliphatic heterocycles. The van der Waals surface area contributed by atoms with Crippen molar-refractivity contribution in [3.63, 3.8) is 0 Å². The van der Waals surface area contributed by atoms with Gasteiger partial charge in [0.05, 0.1) is 23.3 Å². The molecule has 4 aromatic rings. The fraction of sp³-hybridized carbons (Fsp3) is 0.176. The standard InChI is InChI=1S/C17H16N6/c1-12(9-13-5-4-8-18-10-13)23-11-16(21-22-23)17-19-14-6-2-3-7-15(14)20-17/h2-8,10-12H,9H2,1H3,(H,19,20). The average Bonchev–Trinajstić information content (AvgIpc) is 3.22. The molecule has 0 amide bonds. The lowest BCUT2D eigenvalue weighted by atomic mass is 10.1. The van der Waals surface area contributed by atoms with Gasteiger partial charge in [0.2, 0.25) is 0 Å². The molecule has 1 unspecified atom stereocenters. The second kappa shape index (κ2) is 5.64. The summed E-state index contributed by atoms with van der Waals surface area (Å²) in [5, 5.41) is 8.49. The number of benzene rings is 1. The van der Waals surface area contributed by atoms with E-state index in [4.69, 9.17) is 0 Å². The van der Waals surface area contributed by atoms with Crippen LogP contribution in [-0.4, -0.2) is 29.9 Å². The van der Waals surface area contributed by atoms with Crippen LogP contribution in [0.25, 0.3) is 22.6 Å². The molecule has 1 N–H and O–H groups in total. The molecule has 0 aliphatic rings. The molecule has 3 heterocycles. The fourth-order valence-corrected chi connectivity index (χ4v) is 2.63. The Labute approximate surface area is 133 Å². The van der Waals surface area contributed by atoms with E-state index in [1.54, 1.807) is 6.20 Å². The molecule has 0 radical (unpaired) electrons. The second-order valence-electron chi connectivity index (χ2n) is 5.60. The van der Waals surface area contributed by atoms with Crippen LogP contribution >= 0.6 is 0 Å². The lowest BCUT2D eigenvalue weighted by Gasteiger charge is -2.10. The van der Waals surface area contributed by atoms with Crippen molar-refractivity contribution in [3.8, 4) is 11.5 Å². The Morgan fingerprint density at radius 3 is 2.91 bits per heavy atom. The van der Waals surface area contributed by atoms with E-state index in [-0.39, 0.29) is 6.04 Å². The van der Waals surface area contributed by atoms with Crippen molar-refractivity contribution in [2.75, 3.05) is 0 Å². The van der Waals surface area contributed by atoms with Crippen LogP contribution in [0.15, 0.2) is 55.0 Å². The van der Waals surface area contributed by atoms with Gasteiger partial charge in [-0.25, -0.2) is 9.67 Å². The van der Waals surface area contributed by atoms with Crippen LogP contribution in [0.2, 0.25) is 0 Å². The third-order valence-corrected chi connectivity index (χ3v) is 3.85. The van der Waals surface area contributed by atoms with E-state index in [0.29, 0.717) is 0 Å². The fourth-order valence-electron chi connectivity index (χ4n) is 2.63. The number of aromatic nitrogens is 6. The van der Waals surface area contributed by atoms with Crippen molar-refractivity contribution in [1.82, 2.24) is 29.9 Å². The summed E-state index contributed by atoms with van der Waals surface area (Å²) in [4.78, 5) is 12.0. The van der Waals surface area contributed by atoms with Crippen LogP contribution in [0.5, 0.6) is 0 Å². The smallest absolute Gasteiger partial charge is 0.160 e. The molecule has 0 aliphatic carbocycles. The Hall–Kier alpha value is -3.02. The molecule has 114 valence electrons. The number of H-pyrrole nitrogens is 1. The number of pyridine rings is 1. The van der Waals surface area contributed by atoms with Gasteiger partial charge in [-0.3, -0.25) is 4.98 Å². The molecule has 0 bridgehead atoms. The van der Waals surface area contributed by atoms with Gasteiger partial charge < -0.3 is 4.98 Å². The number of hydrogen-bond donors (Lipinski definition) is 1. The van der Waals surface area contributed by atoms with E-state index in [2.05, 4.69) is 38.3 Å². The minimum Gasteiger partial charge on any atom is -0.337 e. The zero-order chi connectivity index (χ0) is 15.6. The highest BCUT2D eigenvalue weighted by Gasteiger charge is 2.13. The minimum atomic E-state index is 0.199. The molecule has 0 fully saturated rings. The molecule has 1 atom stereocenters. The highest BCUT2D eigenvalue weighted by atomic mass is 15.4. The molecular weight excluding hydrogens is 288 g/mol. The normalized spacial score (nSPS) is 12.6. The number of nitrogens with one attached hydrogen (secondary N) is 1. The largest absolute Gasteiger partial charge is 0.337 e. The number of hydrogen-bond acceptors (Lipinski definition) is 4. The summed E-state index contributed by atoms with van der Waals surface area (Å²) in [7, 11) is 0. The molecule has 1 aromatic carbocycles. The van der Waals surface area contributed by atoms with Gasteiger partial charge in [-0.05, 0) is 37.1 Å². The van der Waals surface area contributed by atoms with Crippen molar-refractivity contribution in [2.45, 2.75) is 19.4 Å². The topological polar surface area (TPSA) is 72.3 Å². The molecule has 4 rings (SSSR count). The van der Waals surface area contributed by atoms with Gasteiger partial charge in [-0.1, -0.05) is 23.4 Å². The van der Waals surface area contributed by atoms with Crippen LogP contribution < -0.4 is 0 Å². The van der Waals surface area contributed by atoms with Gasteiger partial charge in [0.15, 0.2) is 5.82 Å². The van der Waals surface area contributed by atoms with Crippen molar-refractivity contribution >= 4 is 11.0 Å². The maximum absolute atomic E-state index is 4.56. The summed E-state index contributed by atoms with van der Waals surface area (Å²) < 4.78 is 1.87. The van der Waals surface area contributed by atoms with Gasteiger partial charge in [0.25, 0.3) is 0 Å². The van der Waals surface area contributed by atoms with Crippen LogP contribution in [0.1, 0.15) is 18.5 Å². The van der Waals surface area contributed by atoms with Crippen molar-refractivity contribution in [1.29, 1.82) is 0 Å². The van der Waals surface area contributed by atoms with E-state index in [0.717, 1.165) is 29.0 Å². The summed E-state index contributed by atoms with van der Waals surface area (Å²) >= 11 is 0. The molecule has 6 heteroatoms. The summed E-state index contributed by atoms with van der Waals surface area (Å²) in [6.07, 6.45) is 6.45. The predicted molar refractivity (Wildman–Crippen MR) is 87.8 cm³/mol. The average molecular weight is 304 g/mol. The van der Waals surface area contributed by atoms with E-state index < -0.39 is 0 Å². The Bertz CT molecular complexity index is 891. The van der Waals surface area contributed by atoms with Crippen LogP contribution in [0.3, 0.4) is 0 Å². The Balaban J connectivity index is 1.58. The van der Waals surface area contributed by atoms with Gasteiger partial charge >= 0.3 is 0 Å². The lowest BCUT2D eigenvalue weighted by Crippen LogP contribution is -2.09. The van der Waals surface area contributed by atoms with Gasteiger partial charge in [-0.15, -0.1) is 5.10 Å². The summed E-state index contributed by atoms with van der Waals surface area (Å²) in [5.41, 5.74) is 3.86. The third-order valence-electron chi connectivity index (χ3n) is 3.85. The lowest BCUT2D eigenvalue weighted by molar-refractivity contribution is 0.474. The van der Waals surface area contributed by atoms with E-state index in [1.165, 1.54) is 5.56 Å². The molecule has 23 heavy (non-hydrogen) atoms. The SMILES string of the molecule is CC(Cc1cccnc1)n1cc(-c2nc3ccccc3[nH]2)nn1. The zero-order valence-electron chi connectivity index (χ0n) is 12.7. The number of nitrogens with zero attached hydrogens (tertiary/aromatic N) is 5. The zero-order valence-corrected chi connectivity index (χ0v) is 12.7. The summed E-state index contributed by atoms with van der Waals surface area (Å²) in [6.45, 7) is 2.12. The first kappa shape index (κ1) is 13.6. The van der Waals surface area contributed by atoms with Crippen molar-refractivity contribution < 1.29 is 0 Å². The van der Waals surface area contributed by atoms with Gasteiger partial charge in [0.1, 0.15) is 5.69 Å². The molecule has 0 saturated carbocycles. The van der Waals surface area contributed by atoms with Crippen LogP contribution in [0.4, 0.5) is 0 Å². The first-order valence-electron chi connectivity index (χ1n) is 7.55. The second-order valence-corrected chi connectivity index (χ2v) is 5.60. The number of rotatable bonds is 4. The number of fused-ring (bicyclic) bond motifs is 1. The summed E-state index contributed by atoms with van der Waals surface area (Å²) in [5.74, 6) is 0.742. The molecule has 6 nitrogen and oxygen atoms in total. The molecule has 0 spiro atoms. The molecule has 0 saturated heterocycles. The van der Waals surface area contributed by atoms with Gasteiger partial charge in [-0.2, -0.15) is 0 Å². The predicted octanol–water partition coefficient (Wildman–Crippen LogP) is 3.02. The van der Waals surface area contributed by atoms with Crippen molar-refractivity contribution in [2.24, 2.45) is 0 Å². The number of aromatic amines is 1. The molecular formula is C17H16N6. The Kier molecular flexibility index (Phi) is 3.34. The third kappa shape index (κ3) is 2.70. The maximum atomic E-state index is 4.56. The van der Waals surface area contributed by atoms with Gasteiger partial charge in [0, 0.05) is 12.4 Å². The highest BCUT2D eigenvalue weighted by Crippen LogP contribution is 2.20. The molecule has 3 aromatic heterocycles. The highest BCUT2D eigenvalue weighted by molar-refractivity contribution is 5.78. The quantitative estimate of drug-likeness (QED) is 0.629. The Morgan fingerprint density at radius 2 is 2.09 bits per heavy atom. The summed E-state index contributed by atoms with van der Waals surface area (Å²) in [6, 6.07) is 12.2. The maximum Gasteiger partial charge on any atom is 0.160 e. The Morgan fingerprint density at radius 1 is 1.17 bits per heavy atom. The van der Waals surface area contributed by atoms with E-state index >= 15 is 0 Å². The van der Waals surface area contributed by atoms with Crippen LogP contribution in [0, 0.1) is 0 Å². The van der Waals surface area contributed by atoms with E-state index in [9.17, 15) is 0 Å². The van der Waals surface area contributed by atoms with E-state index in [1.807, 2.05) is 47.4 Å². The minimum absolute atomic E-state index is 0.199. The monoisotopic (exact) mass is 304 g/mol. The van der Waals surface area contributed by atoms with Crippen LogP contribution in [-0.2, 0) is 6.42 Å². The number of imidazole rings is 1.